The molecular formula is C6H9ClN4O2. The summed E-state index contributed by atoms with van der Waals surface area (Å²) >= 11 is 5.56. The normalized spacial score (nSPS) is 12.0. The molecule has 0 radical (unpaired) electrons. The number of aliphatic hydroxyl groups is 1. The number of hydrogen-bond acceptors (Lipinski definition) is 5. The minimum atomic E-state index is -0.149. The van der Waals surface area contributed by atoms with E-state index in [2.05, 4.69) is 9.98 Å². The third-order valence-corrected chi connectivity index (χ3v) is 1.47. The average Bonchev–Trinajstić information content (AvgIpc) is 2.09. The Bertz CT molecular complexity index is 362. The van der Waals surface area contributed by atoms with Gasteiger partial charge in [0.2, 0.25) is 5.95 Å². The van der Waals surface area contributed by atoms with E-state index in [1.165, 1.54) is 6.07 Å². The molecule has 0 spiro atoms. The number of rotatable bonds is 2. The Morgan fingerprint density at radius 2 is 2.38 bits per heavy atom. The van der Waals surface area contributed by atoms with Gasteiger partial charge in [0.1, 0.15) is 5.15 Å². The highest BCUT2D eigenvalue weighted by atomic mass is 35.5. The first-order valence-electron chi connectivity index (χ1n) is 3.51. The molecule has 0 saturated carbocycles. The van der Waals surface area contributed by atoms with Crippen LogP contribution in [0.15, 0.2) is 11.1 Å². The van der Waals surface area contributed by atoms with Gasteiger partial charge in [0.15, 0.2) is 5.49 Å². The molecule has 7 heteroatoms. The van der Waals surface area contributed by atoms with Crippen LogP contribution in [0.4, 0.5) is 5.95 Å². The Hall–Kier alpha value is -1.27. The summed E-state index contributed by atoms with van der Waals surface area (Å²) in [5, 5.41) is 17.9. The second-order valence-electron chi connectivity index (χ2n) is 2.21. The molecule has 0 aliphatic carbocycles. The fourth-order valence-electron chi connectivity index (χ4n) is 0.751. The maximum atomic E-state index is 9.24. The zero-order chi connectivity index (χ0) is 9.84. The second-order valence-corrected chi connectivity index (χ2v) is 2.60. The van der Waals surface area contributed by atoms with E-state index in [0.29, 0.717) is 4.73 Å². The molecule has 0 unspecified atom stereocenters. The van der Waals surface area contributed by atoms with Crippen molar-refractivity contribution in [1.29, 1.82) is 0 Å². The lowest BCUT2D eigenvalue weighted by atomic mass is 10.6. The average molecular weight is 205 g/mol. The molecule has 0 bridgehead atoms. The predicted octanol–water partition coefficient (Wildman–Crippen LogP) is -0.751. The topological polar surface area (TPSA) is 96.7 Å². The molecule has 4 N–H and O–H groups in total. The predicted molar refractivity (Wildman–Crippen MR) is 46.3 cm³/mol. The van der Waals surface area contributed by atoms with Crippen molar-refractivity contribution < 1.29 is 10.3 Å². The highest BCUT2D eigenvalue weighted by Crippen LogP contribution is 2.01. The lowest BCUT2D eigenvalue weighted by Crippen LogP contribution is -2.23. The molecule has 0 aliphatic rings. The van der Waals surface area contributed by atoms with E-state index in [0.717, 1.165) is 0 Å². The van der Waals surface area contributed by atoms with E-state index in [-0.39, 0.29) is 29.7 Å². The van der Waals surface area contributed by atoms with E-state index in [9.17, 15) is 5.21 Å². The second kappa shape index (κ2) is 4.11. The van der Waals surface area contributed by atoms with Crippen molar-refractivity contribution in [2.24, 2.45) is 4.99 Å². The lowest BCUT2D eigenvalue weighted by Gasteiger charge is -2.01. The maximum absolute atomic E-state index is 9.24. The molecule has 0 aromatic carbocycles. The van der Waals surface area contributed by atoms with Gasteiger partial charge in [0, 0.05) is 6.07 Å². The zero-order valence-corrected chi connectivity index (χ0v) is 7.44. The summed E-state index contributed by atoms with van der Waals surface area (Å²) in [5.41, 5.74) is 5.45. The monoisotopic (exact) mass is 204 g/mol. The van der Waals surface area contributed by atoms with Gasteiger partial charge in [-0.1, -0.05) is 11.6 Å². The quantitative estimate of drug-likeness (QED) is 0.436. The summed E-state index contributed by atoms with van der Waals surface area (Å²) in [6, 6.07) is 1.34. The number of aromatic nitrogens is 2. The first-order valence-corrected chi connectivity index (χ1v) is 3.88. The van der Waals surface area contributed by atoms with Gasteiger partial charge in [-0.25, -0.2) is 4.98 Å². The Kier molecular flexibility index (Phi) is 3.10. The molecule has 0 saturated heterocycles. The summed E-state index contributed by atoms with van der Waals surface area (Å²) in [7, 11) is 0. The van der Waals surface area contributed by atoms with Crippen LogP contribution in [-0.4, -0.2) is 33.2 Å². The van der Waals surface area contributed by atoms with Crippen LogP contribution in [0.5, 0.6) is 0 Å². The minimum Gasteiger partial charge on any atom is -0.423 e. The van der Waals surface area contributed by atoms with Crippen LogP contribution in [0, 0.1) is 0 Å². The number of nitrogens with two attached hydrogens (primary N) is 1. The van der Waals surface area contributed by atoms with E-state index >= 15 is 0 Å². The summed E-state index contributed by atoms with van der Waals surface area (Å²) in [4.78, 5) is 7.38. The van der Waals surface area contributed by atoms with Crippen LogP contribution in [0.2, 0.25) is 5.15 Å². The van der Waals surface area contributed by atoms with Crippen molar-refractivity contribution in [2.45, 2.75) is 0 Å². The standard InChI is InChI=1S/C6H9ClN4O2/c7-4-3-5(9-1-2-12)11(13)6(8)10-4/h3,12-13H,1-2H2,(H2,8,10). The van der Waals surface area contributed by atoms with Crippen LogP contribution in [-0.2, 0) is 0 Å². The van der Waals surface area contributed by atoms with Gasteiger partial charge in [0.05, 0.1) is 13.2 Å². The number of anilines is 1. The van der Waals surface area contributed by atoms with E-state index < -0.39 is 0 Å². The third kappa shape index (κ3) is 2.33. The smallest absolute Gasteiger partial charge is 0.237 e. The summed E-state index contributed by atoms with van der Waals surface area (Å²) in [6.45, 7) is 0.0557. The van der Waals surface area contributed by atoms with Crippen molar-refractivity contribution in [3.8, 4) is 0 Å². The molecule has 1 rings (SSSR count). The van der Waals surface area contributed by atoms with E-state index in [1.807, 2.05) is 0 Å². The number of nitrogen functional groups attached to an aromatic ring is 1. The molecule has 0 fully saturated rings. The molecule has 1 aromatic heterocycles. The fraction of sp³-hybridized carbons (Fsp3) is 0.333. The first kappa shape index (κ1) is 9.82. The molecule has 0 atom stereocenters. The molecule has 13 heavy (non-hydrogen) atoms. The summed E-state index contributed by atoms with van der Waals surface area (Å²) in [5.74, 6) is -0.149. The Labute approximate surface area is 78.9 Å². The van der Waals surface area contributed by atoms with Gasteiger partial charge in [-0.2, -0.15) is 0 Å². The highest BCUT2D eigenvalue weighted by Gasteiger charge is 1.99. The SMILES string of the molecule is Nc1nc(Cl)cc(=NCCO)n1O. The van der Waals surface area contributed by atoms with Gasteiger partial charge in [-0.15, -0.1) is 4.73 Å². The van der Waals surface area contributed by atoms with E-state index in [4.69, 9.17) is 22.4 Å². The molecular weight excluding hydrogens is 196 g/mol. The maximum Gasteiger partial charge on any atom is 0.237 e. The van der Waals surface area contributed by atoms with Crippen LogP contribution in [0.3, 0.4) is 0 Å². The van der Waals surface area contributed by atoms with Gasteiger partial charge >= 0.3 is 0 Å². The Balaban J connectivity index is 3.20. The van der Waals surface area contributed by atoms with Crippen LogP contribution >= 0.6 is 11.6 Å². The number of halogens is 1. The molecule has 6 nitrogen and oxygen atoms in total. The third-order valence-electron chi connectivity index (χ3n) is 1.28. The molecule has 0 amide bonds. The molecule has 1 heterocycles. The van der Waals surface area contributed by atoms with Crippen molar-refractivity contribution in [3.05, 3.63) is 16.7 Å². The van der Waals surface area contributed by atoms with Gasteiger partial charge < -0.3 is 16.0 Å². The Morgan fingerprint density at radius 3 is 3.00 bits per heavy atom. The van der Waals surface area contributed by atoms with Gasteiger partial charge in [-0.05, 0) is 0 Å². The van der Waals surface area contributed by atoms with Crippen molar-refractivity contribution in [2.75, 3.05) is 18.9 Å². The first-order chi connectivity index (χ1) is 6.15. The van der Waals surface area contributed by atoms with Gasteiger partial charge in [0.25, 0.3) is 0 Å². The van der Waals surface area contributed by atoms with Crippen molar-refractivity contribution in [3.63, 3.8) is 0 Å². The fourth-order valence-corrected chi connectivity index (χ4v) is 0.935. The van der Waals surface area contributed by atoms with E-state index in [1.54, 1.807) is 0 Å². The molecule has 72 valence electrons. The Morgan fingerprint density at radius 1 is 1.69 bits per heavy atom. The van der Waals surface area contributed by atoms with Crippen molar-refractivity contribution >= 4 is 17.5 Å². The largest absolute Gasteiger partial charge is 0.423 e. The molecule has 1 aromatic rings. The van der Waals surface area contributed by atoms with Crippen LogP contribution < -0.4 is 11.2 Å². The summed E-state index contributed by atoms with van der Waals surface area (Å²) < 4.78 is 0.599. The van der Waals surface area contributed by atoms with Crippen LogP contribution in [0.1, 0.15) is 0 Å². The van der Waals surface area contributed by atoms with Crippen molar-refractivity contribution in [1.82, 2.24) is 9.71 Å². The minimum absolute atomic E-state index is 0.111. The summed E-state index contributed by atoms with van der Waals surface area (Å²) in [6.07, 6.45) is 0. The number of aliphatic hydroxyl groups excluding tert-OH is 1. The number of nitrogens with zero attached hydrogens (tertiary/aromatic N) is 3. The van der Waals surface area contributed by atoms with Crippen LogP contribution in [0.25, 0.3) is 0 Å². The highest BCUT2D eigenvalue weighted by molar-refractivity contribution is 6.29. The van der Waals surface area contributed by atoms with Gasteiger partial charge in [-0.3, -0.25) is 4.99 Å². The molecule has 0 aliphatic heterocycles. The zero-order valence-electron chi connectivity index (χ0n) is 6.68. The number of hydrogen-bond donors (Lipinski definition) is 3. The lowest BCUT2D eigenvalue weighted by molar-refractivity contribution is 0.174.